The van der Waals surface area contributed by atoms with E-state index in [1.807, 2.05) is 65.6 Å². The largest absolute Gasteiger partial charge is 0.493 e. The molecule has 3 aromatic rings. The van der Waals surface area contributed by atoms with Crippen molar-refractivity contribution in [3.05, 3.63) is 95.7 Å². The lowest BCUT2D eigenvalue weighted by Crippen LogP contribution is -2.37. The van der Waals surface area contributed by atoms with E-state index >= 15 is 0 Å². The number of imide groups is 1. The lowest BCUT2D eigenvalue weighted by molar-refractivity contribution is -0.120. The fourth-order valence-electron chi connectivity index (χ4n) is 4.59. The van der Waals surface area contributed by atoms with Gasteiger partial charge < -0.3 is 9.64 Å². The lowest BCUT2D eigenvalue weighted by atomic mass is 9.98. The molecule has 0 saturated heterocycles. The van der Waals surface area contributed by atoms with Crippen molar-refractivity contribution in [2.45, 2.75) is 26.7 Å². The van der Waals surface area contributed by atoms with Crippen LogP contribution in [0.2, 0.25) is 0 Å². The first-order chi connectivity index (χ1) is 16.5. The molecule has 0 saturated carbocycles. The zero-order valence-electron chi connectivity index (χ0n) is 19.5. The fourth-order valence-corrected chi connectivity index (χ4v) is 4.59. The molecule has 2 heterocycles. The summed E-state index contributed by atoms with van der Waals surface area (Å²) in [7, 11) is 0. The third-order valence-electron chi connectivity index (χ3n) is 6.18. The van der Waals surface area contributed by atoms with Gasteiger partial charge in [-0.15, -0.1) is 0 Å². The number of ether oxygens (including phenoxy) is 1. The molecule has 0 bridgehead atoms. The van der Waals surface area contributed by atoms with E-state index in [0.717, 1.165) is 24.3 Å². The molecule has 2 aliphatic heterocycles. The Morgan fingerprint density at radius 2 is 1.56 bits per heavy atom. The molecule has 172 valence electrons. The van der Waals surface area contributed by atoms with Crippen molar-refractivity contribution in [2.75, 3.05) is 23.0 Å². The maximum Gasteiger partial charge on any atom is 0.282 e. The highest BCUT2D eigenvalue weighted by Crippen LogP contribution is 2.39. The molecule has 0 fully saturated rings. The van der Waals surface area contributed by atoms with Crippen molar-refractivity contribution < 1.29 is 14.3 Å². The van der Waals surface area contributed by atoms with Crippen LogP contribution in [-0.4, -0.2) is 25.0 Å². The number of fused-ring (bicyclic) bond motifs is 1. The monoisotopic (exact) mass is 452 g/mol. The third-order valence-corrected chi connectivity index (χ3v) is 6.18. The number of nitrogens with zero attached hydrogens (tertiary/aromatic N) is 2. The summed E-state index contributed by atoms with van der Waals surface area (Å²) in [5.41, 5.74) is 4.35. The Hall–Kier alpha value is -3.86. The number of rotatable bonds is 6. The maximum absolute atomic E-state index is 13.8. The molecule has 34 heavy (non-hydrogen) atoms. The fraction of sp³-hybridized carbons (Fsp3) is 0.241. The molecular formula is C29H28N2O3. The van der Waals surface area contributed by atoms with Gasteiger partial charge in [-0.05, 0) is 60.2 Å². The summed E-state index contributed by atoms with van der Waals surface area (Å²) in [4.78, 5) is 30.9. The summed E-state index contributed by atoms with van der Waals surface area (Å²) < 4.78 is 5.82. The van der Waals surface area contributed by atoms with Crippen molar-refractivity contribution in [3.63, 3.8) is 0 Å². The second kappa shape index (κ2) is 9.18. The van der Waals surface area contributed by atoms with Crippen LogP contribution in [0.1, 0.15) is 31.4 Å². The number of hydrogen-bond donors (Lipinski definition) is 0. The zero-order valence-corrected chi connectivity index (χ0v) is 19.5. The van der Waals surface area contributed by atoms with E-state index in [9.17, 15) is 9.59 Å². The Morgan fingerprint density at radius 3 is 2.29 bits per heavy atom. The summed E-state index contributed by atoms with van der Waals surface area (Å²) in [6, 6.07) is 24.8. The van der Waals surface area contributed by atoms with E-state index in [4.69, 9.17) is 4.74 Å². The first-order valence-electron chi connectivity index (χ1n) is 11.8. The number of carbonyl (C=O) groups excluding carboxylic acids is 2. The van der Waals surface area contributed by atoms with E-state index in [2.05, 4.69) is 19.9 Å². The van der Waals surface area contributed by atoms with Crippen LogP contribution in [0.5, 0.6) is 5.75 Å². The van der Waals surface area contributed by atoms with Gasteiger partial charge in [-0.2, -0.15) is 0 Å². The summed E-state index contributed by atoms with van der Waals surface area (Å²) in [6.07, 6.45) is 1.88. The molecule has 5 heteroatoms. The Labute approximate surface area is 200 Å². The minimum absolute atomic E-state index is 0.289. The smallest absolute Gasteiger partial charge is 0.282 e. The molecule has 0 unspecified atom stereocenters. The Morgan fingerprint density at radius 1 is 0.853 bits per heavy atom. The molecule has 5 nitrogen and oxygen atoms in total. The number of aryl methyl sites for hydroxylation is 1. The van der Waals surface area contributed by atoms with Crippen LogP contribution in [0.15, 0.2) is 84.6 Å². The van der Waals surface area contributed by atoms with Crippen molar-refractivity contribution in [1.29, 1.82) is 0 Å². The van der Waals surface area contributed by atoms with Crippen LogP contribution in [0.25, 0.3) is 5.57 Å². The average molecular weight is 453 g/mol. The van der Waals surface area contributed by atoms with Crippen molar-refractivity contribution in [3.8, 4) is 5.75 Å². The van der Waals surface area contributed by atoms with Crippen molar-refractivity contribution >= 4 is 28.8 Å². The number of hydrogen-bond acceptors (Lipinski definition) is 4. The number of benzene rings is 3. The Kier molecular flexibility index (Phi) is 5.93. The number of para-hydroxylation sites is 2. The molecule has 5 rings (SSSR count). The predicted molar refractivity (Wildman–Crippen MR) is 135 cm³/mol. The highest BCUT2D eigenvalue weighted by molar-refractivity contribution is 6.46. The van der Waals surface area contributed by atoms with Crippen LogP contribution in [-0.2, 0) is 16.0 Å². The van der Waals surface area contributed by atoms with Gasteiger partial charge in [0.25, 0.3) is 11.8 Å². The predicted octanol–water partition coefficient (Wildman–Crippen LogP) is 5.46. The molecule has 3 aromatic carbocycles. The summed E-state index contributed by atoms with van der Waals surface area (Å²) in [5.74, 6) is 0.578. The summed E-state index contributed by atoms with van der Waals surface area (Å²) in [6.45, 7) is 5.51. The van der Waals surface area contributed by atoms with Crippen LogP contribution in [0.3, 0.4) is 0 Å². The molecule has 2 aliphatic rings. The third kappa shape index (κ3) is 3.98. The van der Waals surface area contributed by atoms with Crippen LogP contribution >= 0.6 is 0 Å². The molecule has 0 radical (unpaired) electrons. The van der Waals surface area contributed by atoms with Crippen LogP contribution < -0.4 is 14.5 Å². The normalized spacial score (nSPS) is 15.9. The topological polar surface area (TPSA) is 49.9 Å². The van der Waals surface area contributed by atoms with Gasteiger partial charge in [-0.1, -0.05) is 62.4 Å². The number of carbonyl (C=O) groups is 2. The van der Waals surface area contributed by atoms with Gasteiger partial charge in [0.2, 0.25) is 0 Å². The minimum atomic E-state index is -0.301. The van der Waals surface area contributed by atoms with Gasteiger partial charge in [-0.3, -0.25) is 9.59 Å². The molecule has 0 N–H and O–H groups in total. The van der Waals surface area contributed by atoms with Gasteiger partial charge >= 0.3 is 0 Å². The highest BCUT2D eigenvalue weighted by Gasteiger charge is 2.43. The van der Waals surface area contributed by atoms with Crippen LogP contribution in [0.4, 0.5) is 11.4 Å². The van der Waals surface area contributed by atoms with Crippen molar-refractivity contribution in [2.24, 2.45) is 5.92 Å². The van der Waals surface area contributed by atoms with Gasteiger partial charge in [0.05, 0.1) is 17.9 Å². The van der Waals surface area contributed by atoms with Gasteiger partial charge in [0.1, 0.15) is 11.4 Å². The van der Waals surface area contributed by atoms with Crippen LogP contribution in [0, 0.1) is 5.92 Å². The van der Waals surface area contributed by atoms with Crippen molar-refractivity contribution in [1.82, 2.24) is 0 Å². The highest BCUT2D eigenvalue weighted by atomic mass is 16.5. The molecule has 0 aliphatic carbocycles. The standard InChI is InChI=1S/C29H28N2O3/c1-20(2)19-34-24-16-14-22(15-17-24)26-27(30-18-8-10-21-9-6-7-13-25(21)30)29(33)31(28(26)32)23-11-4-3-5-12-23/h3-7,9,11-17,20H,8,10,18-19H2,1-2H3. The van der Waals surface area contributed by atoms with E-state index in [-0.39, 0.29) is 11.8 Å². The SMILES string of the molecule is CC(C)COc1ccc(C2=C(N3CCCc4ccccc43)C(=O)N(c3ccccc3)C2=O)cc1. The van der Waals surface area contributed by atoms with E-state index < -0.39 is 0 Å². The lowest BCUT2D eigenvalue weighted by Gasteiger charge is -2.32. The maximum atomic E-state index is 13.8. The minimum Gasteiger partial charge on any atom is -0.493 e. The first-order valence-corrected chi connectivity index (χ1v) is 11.8. The van der Waals surface area contributed by atoms with Gasteiger partial charge in [-0.25, -0.2) is 4.90 Å². The molecule has 0 aromatic heterocycles. The van der Waals surface area contributed by atoms with E-state index in [1.54, 1.807) is 12.1 Å². The summed E-state index contributed by atoms with van der Waals surface area (Å²) in [5, 5.41) is 0. The quantitative estimate of drug-likeness (QED) is 0.466. The summed E-state index contributed by atoms with van der Waals surface area (Å²) >= 11 is 0. The van der Waals surface area contributed by atoms with E-state index in [1.165, 1.54) is 10.5 Å². The molecule has 0 spiro atoms. The number of amides is 2. The Balaban J connectivity index is 1.61. The zero-order chi connectivity index (χ0) is 23.7. The van der Waals surface area contributed by atoms with Gasteiger partial charge in [0.15, 0.2) is 0 Å². The first kappa shape index (κ1) is 22.0. The molecule has 0 atom stereocenters. The molecule has 2 amide bonds. The average Bonchev–Trinajstić information content (AvgIpc) is 3.12. The Bertz CT molecular complexity index is 1250. The number of anilines is 2. The second-order valence-corrected chi connectivity index (χ2v) is 9.12. The van der Waals surface area contributed by atoms with E-state index in [0.29, 0.717) is 41.6 Å². The molecular weight excluding hydrogens is 424 g/mol. The van der Waals surface area contributed by atoms with Gasteiger partial charge in [0, 0.05) is 12.2 Å². The second-order valence-electron chi connectivity index (χ2n) is 9.12.